The van der Waals surface area contributed by atoms with Gasteiger partial charge in [0, 0.05) is 19.3 Å². The first-order chi connectivity index (χ1) is 12.0. The highest BCUT2D eigenvalue weighted by Crippen LogP contribution is 2.15. The second-order valence-corrected chi connectivity index (χ2v) is 7.86. The molecule has 0 saturated carbocycles. The van der Waals surface area contributed by atoms with Crippen molar-refractivity contribution in [2.75, 3.05) is 32.5 Å². The molecule has 0 unspecified atom stereocenters. The number of benzene rings is 1. The number of nitrogens with one attached hydrogen (secondary N) is 2. The van der Waals surface area contributed by atoms with Crippen LogP contribution in [0.25, 0.3) is 0 Å². The summed E-state index contributed by atoms with van der Waals surface area (Å²) in [4.78, 5) is 4.83. The minimum Gasteiger partial charge on any atom is -0.492 e. The Morgan fingerprint density at radius 2 is 1.77 bits per heavy atom. The molecule has 6 nitrogen and oxygen atoms in total. The maximum absolute atomic E-state index is 11.4. The zero-order valence-electron chi connectivity index (χ0n) is 16.0. The monoisotopic (exact) mass is 497 g/mol. The van der Waals surface area contributed by atoms with E-state index in [0.29, 0.717) is 23.8 Å². The molecule has 0 heterocycles. The first-order valence-electron chi connectivity index (χ1n) is 8.92. The van der Waals surface area contributed by atoms with E-state index in [1.54, 1.807) is 24.3 Å². The lowest BCUT2D eigenvalue weighted by molar-refractivity contribution is 0.321. The number of hydrogen-bond donors (Lipinski definition) is 2. The lowest BCUT2D eigenvalue weighted by Crippen LogP contribution is -2.39. The fraction of sp³-hybridized carbons (Fsp3) is 0.611. The van der Waals surface area contributed by atoms with E-state index in [0.717, 1.165) is 25.5 Å². The van der Waals surface area contributed by atoms with Crippen LogP contribution in [-0.2, 0) is 9.84 Å². The predicted octanol–water partition coefficient (Wildman–Crippen LogP) is 3.22. The van der Waals surface area contributed by atoms with Crippen molar-refractivity contribution < 1.29 is 13.2 Å². The van der Waals surface area contributed by atoms with E-state index in [1.807, 2.05) is 6.92 Å². The van der Waals surface area contributed by atoms with Crippen LogP contribution in [0.15, 0.2) is 34.2 Å². The molecule has 0 amide bonds. The second-order valence-electron chi connectivity index (χ2n) is 5.84. The van der Waals surface area contributed by atoms with Crippen LogP contribution in [0.2, 0.25) is 0 Å². The number of hydrogen-bond acceptors (Lipinski definition) is 4. The summed E-state index contributed by atoms with van der Waals surface area (Å²) < 4.78 is 28.4. The first-order valence-corrected chi connectivity index (χ1v) is 10.8. The molecule has 1 rings (SSSR count). The van der Waals surface area contributed by atoms with Gasteiger partial charge < -0.3 is 15.4 Å². The van der Waals surface area contributed by atoms with Crippen LogP contribution in [0.1, 0.15) is 39.5 Å². The molecule has 0 aliphatic rings. The minimum absolute atomic E-state index is 0. The van der Waals surface area contributed by atoms with Gasteiger partial charge in [-0.15, -0.1) is 24.0 Å². The van der Waals surface area contributed by atoms with Gasteiger partial charge in [-0.25, -0.2) is 8.42 Å². The van der Waals surface area contributed by atoms with E-state index >= 15 is 0 Å². The van der Waals surface area contributed by atoms with E-state index in [1.165, 1.54) is 25.5 Å². The van der Waals surface area contributed by atoms with Crippen molar-refractivity contribution in [1.29, 1.82) is 0 Å². The van der Waals surface area contributed by atoms with Crippen molar-refractivity contribution in [3.05, 3.63) is 24.3 Å². The van der Waals surface area contributed by atoms with Gasteiger partial charge in [-0.3, -0.25) is 4.99 Å². The van der Waals surface area contributed by atoms with Gasteiger partial charge in [0.05, 0.1) is 11.4 Å². The smallest absolute Gasteiger partial charge is 0.191 e. The Labute approximate surface area is 175 Å². The third kappa shape index (κ3) is 10.8. The largest absolute Gasteiger partial charge is 0.492 e. The molecule has 0 radical (unpaired) electrons. The van der Waals surface area contributed by atoms with Crippen molar-refractivity contribution in [3.8, 4) is 5.75 Å². The van der Waals surface area contributed by atoms with E-state index < -0.39 is 9.84 Å². The van der Waals surface area contributed by atoms with E-state index in [4.69, 9.17) is 4.74 Å². The number of nitrogens with zero attached hydrogens (tertiary/aromatic N) is 1. The van der Waals surface area contributed by atoms with Crippen molar-refractivity contribution in [1.82, 2.24) is 10.6 Å². The lowest BCUT2D eigenvalue weighted by atomic mass is 10.2. The average Bonchev–Trinajstić information content (AvgIpc) is 2.58. The van der Waals surface area contributed by atoms with Gasteiger partial charge in [0.25, 0.3) is 0 Å². The summed E-state index contributed by atoms with van der Waals surface area (Å²) in [6.45, 7) is 6.96. The zero-order chi connectivity index (χ0) is 18.5. The van der Waals surface area contributed by atoms with Crippen LogP contribution in [0.5, 0.6) is 5.75 Å². The van der Waals surface area contributed by atoms with Crippen molar-refractivity contribution in [3.63, 3.8) is 0 Å². The fourth-order valence-electron chi connectivity index (χ4n) is 2.19. The number of rotatable bonds is 11. The molecular weight excluding hydrogens is 465 g/mol. The molecule has 0 aliphatic carbocycles. The number of ether oxygens (including phenoxy) is 1. The van der Waals surface area contributed by atoms with Gasteiger partial charge in [-0.2, -0.15) is 0 Å². The Kier molecular flexibility index (Phi) is 13.5. The van der Waals surface area contributed by atoms with Crippen LogP contribution < -0.4 is 15.4 Å². The van der Waals surface area contributed by atoms with Gasteiger partial charge in [-0.1, -0.05) is 26.2 Å². The highest BCUT2D eigenvalue weighted by molar-refractivity contribution is 14.0. The SMILES string of the molecule is CCCCCCN=C(NCC)NCCOc1ccc(S(C)(=O)=O)cc1.I. The summed E-state index contributed by atoms with van der Waals surface area (Å²) in [5, 5.41) is 6.45. The molecule has 0 bridgehead atoms. The normalized spacial score (nSPS) is 11.6. The Bertz CT molecular complexity index is 619. The summed E-state index contributed by atoms with van der Waals surface area (Å²) >= 11 is 0. The van der Waals surface area contributed by atoms with E-state index in [-0.39, 0.29) is 24.0 Å². The molecule has 0 aliphatic heterocycles. The fourth-order valence-corrected chi connectivity index (χ4v) is 2.82. The topological polar surface area (TPSA) is 79.8 Å². The van der Waals surface area contributed by atoms with Crippen LogP contribution in [-0.4, -0.2) is 46.9 Å². The predicted molar refractivity (Wildman–Crippen MR) is 119 cm³/mol. The van der Waals surface area contributed by atoms with Crippen molar-refractivity contribution in [2.24, 2.45) is 4.99 Å². The average molecular weight is 497 g/mol. The molecule has 0 spiro atoms. The van der Waals surface area contributed by atoms with Crippen LogP contribution in [0, 0.1) is 0 Å². The highest BCUT2D eigenvalue weighted by atomic mass is 127. The maximum Gasteiger partial charge on any atom is 0.191 e. The molecule has 1 aromatic rings. The maximum atomic E-state index is 11.4. The van der Waals surface area contributed by atoms with Gasteiger partial charge >= 0.3 is 0 Å². The molecule has 8 heteroatoms. The summed E-state index contributed by atoms with van der Waals surface area (Å²) in [5.74, 6) is 1.45. The molecule has 0 saturated heterocycles. The van der Waals surface area contributed by atoms with E-state index in [2.05, 4.69) is 22.5 Å². The number of unbranched alkanes of at least 4 members (excludes halogenated alkanes) is 3. The van der Waals surface area contributed by atoms with Gasteiger partial charge in [0.2, 0.25) is 0 Å². The zero-order valence-corrected chi connectivity index (χ0v) is 19.1. The molecule has 26 heavy (non-hydrogen) atoms. The number of halogens is 1. The van der Waals surface area contributed by atoms with Crippen molar-refractivity contribution in [2.45, 2.75) is 44.4 Å². The molecule has 0 aromatic heterocycles. The standard InChI is InChI=1S/C18H31N3O3S.HI/c1-4-6-7-8-13-20-18(19-5-2)21-14-15-24-16-9-11-17(12-10-16)25(3,22)23;/h9-12H,4-8,13-15H2,1-3H3,(H2,19,20,21);1H. The first kappa shape index (κ1) is 25.0. The quantitative estimate of drug-likeness (QED) is 0.213. The van der Waals surface area contributed by atoms with Crippen molar-refractivity contribution >= 4 is 39.8 Å². The third-order valence-electron chi connectivity index (χ3n) is 3.54. The Morgan fingerprint density at radius 1 is 1.08 bits per heavy atom. The van der Waals surface area contributed by atoms with Gasteiger partial charge in [0.15, 0.2) is 15.8 Å². The second kappa shape index (κ2) is 14.1. The summed E-state index contributed by atoms with van der Waals surface area (Å²) in [7, 11) is -3.17. The minimum atomic E-state index is -3.17. The lowest BCUT2D eigenvalue weighted by Gasteiger charge is -2.12. The van der Waals surface area contributed by atoms with E-state index in [9.17, 15) is 8.42 Å². The summed E-state index contributed by atoms with van der Waals surface area (Å²) in [6, 6.07) is 6.45. The molecule has 0 fully saturated rings. The number of aliphatic imine (C=N–C) groups is 1. The van der Waals surface area contributed by atoms with Crippen LogP contribution in [0.4, 0.5) is 0 Å². The molecular formula is C18H32IN3O3S. The van der Waals surface area contributed by atoms with Gasteiger partial charge in [-0.05, 0) is 37.6 Å². The summed E-state index contributed by atoms with van der Waals surface area (Å²) in [6.07, 6.45) is 5.99. The Balaban J connectivity index is 0.00000625. The molecule has 2 N–H and O–H groups in total. The highest BCUT2D eigenvalue weighted by Gasteiger charge is 2.06. The summed E-state index contributed by atoms with van der Waals surface area (Å²) in [5.41, 5.74) is 0. The molecule has 150 valence electrons. The molecule has 0 atom stereocenters. The van der Waals surface area contributed by atoms with Gasteiger partial charge in [0.1, 0.15) is 12.4 Å². The Morgan fingerprint density at radius 3 is 2.35 bits per heavy atom. The van der Waals surface area contributed by atoms with Crippen LogP contribution in [0.3, 0.4) is 0 Å². The number of sulfone groups is 1. The Hall–Kier alpha value is -1.03. The molecule has 1 aromatic carbocycles. The number of guanidine groups is 1. The third-order valence-corrected chi connectivity index (χ3v) is 4.67. The van der Waals surface area contributed by atoms with Crippen LogP contribution >= 0.6 is 24.0 Å².